The summed E-state index contributed by atoms with van der Waals surface area (Å²) in [7, 11) is 1.59. The highest BCUT2D eigenvalue weighted by atomic mass is 16.5. The number of nitrogens with two attached hydrogens (primary N) is 1. The van der Waals surface area contributed by atoms with E-state index >= 15 is 0 Å². The number of anilines is 1. The van der Waals surface area contributed by atoms with Crippen LogP contribution >= 0.6 is 0 Å². The Labute approximate surface area is 126 Å². The molecule has 0 atom stereocenters. The standard InChI is InChI=1S/C16H24N2O3/c1-3-21-16-12(10-13(17)11-14(16)20-2)6-7-15(19)18-8-4-5-9-18/h10-11H,3-9,17H2,1-2H3. The fourth-order valence-corrected chi connectivity index (χ4v) is 2.70. The summed E-state index contributed by atoms with van der Waals surface area (Å²) >= 11 is 0. The lowest BCUT2D eigenvalue weighted by molar-refractivity contribution is -0.130. The van der Waals surface area contributed by atoms with E-state index < -0.39 is 0 Å². The van der Waals surface area contributed by atoms with Gasteiger partial charge in [0.1, 0.15) is 0 Å². The van der Waals surface area contributed by atoms with Gasteiger partial charge in [0.2, 0.25) is 5.91 Å². The third-order valence-corrected chi connectivity index (χ3v) is 3.73. The molecular weight excluding hydrogens is 268 g/mol. The van der Waals surface area contributed by atoms with Crippen LogP contribution in [0.5, 0.6) is 11.5 Å². The normalized spacial score (nSPS) is 14.3. The lowest BCUT2D eigenvalue weighted by Gasteiger charge is -2.17. The molecule has 1 amide bonds. The Morgan fingerprint density at radius 3 is 2.67 bits per heavy atom. The molecule has 1 aliphatic rings. The number of amides is 1. The molecule has 1 fully saturated rings. The Morgan fingerprint density at radius 1 is 1.33 bits per heavy atom. The van der Waals surface area contributed by atoms with Crippen molar-refractivity contribution >= 4 is 11.6 Å². The number of methoxy groups -OCH3 is 1. The van der Waals surface area contributed by atoms with Crippen molar-refractivity contribution in [2.75, 3.05) is 32.5 Å². The first-order valence-corrected chi connectivity index (χ1v) is 7.52. The van der Waals surface area contributed by atoms with E-state index in [1.54, 1.807) is 13.2 Å². The summed E-state index contributed by atoms with van der Waals surface area (Å²) in [6.07, 6.45) is 3.32. The summed E-state index contributed by atoms with van der Waals surface area (Å²) in [4.78, 5) is 14.1. The van der Waals surface area contributed by atoms with Gasteiger partial charge in [0.15, 0.2) is 11.5 Å². The molecule has 0 spiro atoms. The van der Waals surface area contributed by atoms with Gasteiger partial charge in [-0.2, -0.15) is 0 Å². The van der Waals surface area contributed by atoms with Crippen molar-refractivity contribution in [3.8, 4) is 11.5 Å². The van der Waals surface area contributed by atoms with Crippen LogP contribution in [0.4, 0.5) is 5.69 Å². The van der Waals surface area contributed by atoms with Crippen LogP contribution in [0, 0.1) is 0 Å². The van der Waals surface area contributed by atoms with E-state index in [1.165, 1.54) is 0 Å². The van der Waals surface area contributed by atoms with Crippen molar-refractivity contribution in [2.45, 2.75) is 32.6 Å². The van der Waals surface area contributed by atoms with Crippen LogP contribution in [0.25, 0.3) is 0 Å². The molecule has 1 aliphatic heterocycles. The highest BCUT2D eigenvalue weighted by molar-refractivity contribution is 5.77. The molecule has 0 bridgehead atoms. The first-order valence-electron chi connectivity index (χ1n) is 7.52. The molecule has 0 aliphatic carbocycles. The predicted octanol–water partition coefficient (Wildman–Crippen LogP) is 2.23. The van der Waals surface area contributed by atoms with Crippen LogP contribution in [0.2, 0.25) is 0 Å². The lowest BCUT2D eigenvalue weighted by Crippen LogP contribution is -2.27. The van der Waals surface area contributed by atoms with Gasteiger partial charge in [0.05, 0.1) is 13.7 Å². The van der Waals surface area contributed by atoms with Gasteiger partial charge in [-0.1, -0.05) is 0 Å². The van der Waals surface area contributed by atoms with Crippen LogP contribution in [0.1, 0.15) is 31.7 Å². The second-order valence-corrected chi connectivity index (χ2v) is 5.23. The Morgan fingerprint density at radius 2 is 2.05 bits per heavy atom. The molecular formula is C16H24N2O3. The molecule has 5 nitrogen and oxygen atoms in total. The number of carbonyl (C=O) groups is 1. The Kier molecular flexibility index (Phi) is 5.31. The third-order valence-electron chi connectivity index (χ3n) is 3.73. The van der Waals surface area contributed by atoms with Crippen LogP contribution in [0.15, 0.2) is 12.1 Å². The molecule has 2 rings (SSSR count). The van der Waals surface area contributed by atoms with E-state index in [2.05, 4.69) is 0 Å². The maximum Gasteiger partial charge on any atom is 0.222 e. The minimum Gasteiger partial charge on any atom is -0.493 e. The first kappa shape index (κ1) is 15.5. The highest BCUT2D eigenvalue weighted by Gasteiger charge is 2.19. The highest BCUT2D eigenvalue weighted by Crippen LogP contribution is 2.34. The van der Waals surface area contributed by atoms with Gasteiger partial charge >= 0.3 is 0 Å². The van der Waals surface area contributed by atoms with Gasteiger partial charge in [-0.05, 0) is 32.3 Å². The van der Waals surface area contributed by atoms with Crippen molar-refractivity contribution < 1.29 is 14.3 Å². The van der Waals surface area contributed by atoms with Gasteiger partial charge in [-0.15, -0.1) is 0 Å². The van der Waals surface area contributed by atoms with E-state index in [0.29, 0.717) is 36.6 Å². The van der Waals surface area contributed by atoms with E-state index in [0.717, 1.165) is 31.5 Å². The molecule has 2 N–H and O–H groups in total. The zero-order valence-electron chi connectivity index (χ0n) is 12.9. The number of benzene rings is 1. The summed E-state index contributed by atoms with van der Waals surface area (Å²) in [6.45, 7) is 4.25. The molecule has 0 aromatic heterocycles. The number of rotatable bonds is 6. The molecule has 0 saturated carbocycles. The first-order chi connectivity index (χ1) is 10.2. The van der Waals surface area contributed by atoms with Gasteiger partial charge in [0, 0.05) is 36.8 Å². The minimum absolute atomic E-state index is 0.205. The van der Waals surface area contributed by atoms with Crippen molar-refractivity contribution in [2.24, 2.45) is 0 Å². The van der Waals surface area contributed by atoms with E-state index in [1.807, 2.05) is 17.9 Å². The number of hydrogen-bond donors (Lipinski definition) is 1. The number of hydrogen-bond acceptors (Lipinski definition) is 4. The van der Waals surface area contributed by atoms with E-state index in [-0.39, 0.29) is 5.91 Å². The number of carbonyl (C=O) groups excluding carboxylic acids is 1. The number of likely N-dealkylation sites (tertiary alicyclic amines) is 1. The average Bonchev–Trinajstić information content (AvgIpc) is 3.01. The van der Waals surface area contributed by atoms with Gasteiger partial charge < -0.3 is 20.1 Å². The minimum atomic E-state index is 0.205. The largest absolute Gasteiger partial charge is 0.493 e. The van der Waals surface area contributed by atoms with Crippen LogP contribution in [-0.4, -0.2) is 37.6 Å². The number of aryl methyl sites for hydroxylation is 1. The molecule has 0 radical (unpaired) electrons. The van der Waals surface area contributed by atoms with Crippen molar-refractivity contribution in [1.82, 2.24) is 4.90 Å². The molecule has 0 unspecified atom stereocenters. The SMILES string of the molecule is CCOc1c(CCC(=O)N2CCCC2)cc(N)cc1OC. The molecule has 21 heavy (non-hydrogen) atoms. The van der Waals surface area contributed by atoms with Crippen molar-refractivity contribution in [3.05, 3.63) is 17.7 Å². The van der Waals surface area contributed by atoms with Gasteiger partial charge in [-0.25, -0.2) is 0 Å². The molecule has 1 aromatic rings. The summed E-state index contributed by atoms with van der Waals surface area (Å²) < 4.78 is 11.0. The van der Waals surface area contributed by atoms with E-state index in [4.69, 9.17) is 15.2 Å². The van der Waals surface area contributed by atoms with Crippen molar-refractivity contribution in [3.63, 3.8) is 0 Å². The quantitative estimate of drug-likeness (QED) is 0.817. The Bertz CT molecular complexity index is 497. The third kappa shape index (κ3) is 3.80. The van der Waals surface area contributed by atoms with E-state index in [9.17, 15) is 4.79 Å². The topological polar surface area (TPSA) is 64.8 Å². The van der Waals surface area contributed by atoms with Crippen molar-refractivity contribution in [1.29, 1.82) is 0 Å². The molecule has 1 saturated heterocycles. The summed E-state index contributed by atoms with van der Waals surface area (Å²) in [6, 6.07) is 3.61. The summed E-state index contributed by atoms with van der Waals surface area (Å²) in [5.41, 5.74) is 7.45. The average molecular weight is 292 g/mol. The predicted molar refractivity (Wildman–Crippen MR) is 82.7 cm³/mol. The fourth-order valence-electron chi connectivity index (χ4n) is 2.70. The number of nitrogen functional groups attached to an aromatic ring is 1. The lowest BCUT2D eigenvalue weighted by atomic mass is 10.1. The monoisotopic (exact) mass is 292 g/mol. The molecule has 1 heterocycles. The number of nitrogens with zero attached hydrogens (tertiary/aromatic N) is 1. The Balaban J connectivity index is 2.10. The summed E-state index contributed by atoms with van der Waals surface area (Å²) in [5.74, 6) is 1.53. The maximum absolute atomic E-state index is 12.1. The maximum atomic E-state index is 12.1. The van der Waals surface area contributed by atoms with Crippen LogP contribution in [0.3, 0.4) is 0 Å². The summed E-state index contributed by atoms with van der Waals surface area (Å²) in [5, 5.41) is 0. The van der Waals surface area contributed by atoms with Gasteiger partial charge in [0.25, 0.3) is 0 Å². The molecule has 116 valence electrons. The molecule has 5 heteroatoms. The van der Waals surface area contributed by atoms with Gasteiger partial charge in [-0.3, -0.25) is 4.79 Å². The smallest absolute Gasteiger partial charge is 0.222 e. The van der Waals surface area contributed by atoms with Crippen LogP contribution < -0.4 is 15.2 Å². The zero-order chi connectivity index (χ0) is 15.2. The second kappa shape index (κ2) is 7.20. The zero-order valence-corrected chi connectivity index (χ0v) is 12.9. The fraction of sp³-hybridized carbons (Fsp3) is 0.562. The molecule has 1 aromatic carbocycles. The Hall–Kier alpha value is -1.91. The number of ether oxygens (including phenoxy) is 2. The van der Waals surface area contributed by atoms with Crippen LogP contribution in [-0.2, 0) is 11.2 Å². The second-order valence-electron chi connectivity index (χ2n) is 5.23.